The molecule has 2 N–H and O–H groups in total. The van der Waals surface area contributed by atoms with E-state index in [4.69, 9.17) is 0 Å². The molecule has 5 heteroatoms. The Balaban J connectivity index is 1.41. The lowest BCUT2D eigenvalue weighted by atomic mass is 9.94. The summed E-state index contributed by atoms with van der Waals surface area (Å²) in [4.78, 5) is 12.2. The van der Waals surface area contributed by atoms with E-state index < -0.39 is 0 Å². The minimum Gasteiger partial charge on any atom is -0.332 e. The van der Waals surface area contributed by atoms with E-state index in [1.165, 1.54) is 31.4 Å². The molecule has 4 rings (SSSR count). The predicted molar refractivity (Wildman–Crippen MR) is 76.6 cm³/mol. The topological polar surface area (TPSA) is 59.0 Å². The Morgan fingerprint density at radius 2 is 2.10 bits per heavy atom. The second-order valence-electron chi connectivity index (χ2n) is 6.86. The summed E-state index contributed by atoms with van der Waals surface area (Å²) >= 11 is 0. The summed E-state index contributed by atoms with van der Waals surface area (Å²) < 4.78 is 1.90. The van der Waals surface area contributed by atoms with Gasteiger partial charge in [-0.3, -0.25) is 10.00 Å². The van der Waals surface area contributed by atoms with Crippen LogP contribution >= 0.6 is 0 Å². The summed E-state index contributed by atoms with van der Waals surface area (Å²) in [6.45, 7) is 0. The quantitative estimate of drug-likeness (QED) is 0.890. The Bertz CT molecular complexity index is 538. The normalized spacial score (nSPS) is 31.6. The summed E-state index contributed by atoms with van der Waals surface area (Å²) in [6, 6.07) is 1.93. The second-order valence-corrected chi connectivity index (χ2v) is 6.86. The number of nitrogens with zero attached hydrogens (tertiary/aromatic N) is 2. The smallest absolute Gasteiger partial charge is 0.320 e. The lowest BCUT2D eigenvalue weighted by molar-refractivity contribution is 0.236. The Kier molecular flexibility index (Phi) is 2.59. The summed E-state index contributed by atoms with van der Waals surface area (Å²) in [7, 11) is 1.95. The maximum atomic E-state index is 12.2. The fourth-order valence-corrected chi connectivity index (χ4v) is 4.06. The van der Waals surface area contributed by atoms with Crippen molar-refractivity contribution in [1.29, 1.82) is 0 Å². The predicted octanol–water partition coefficient (Wildman–Crippen LogP) is 2.75. The van der Waals surface area contributed by atoms with Gasteiger partial charge in [0.25, 0.3) is 0 Å². The van der Waals surface area contributed by atoms with E-state index in [2.05, 4.69) is 15.7 Å². The molecule has 1 aromatic rings. The van der Waals surface area contributed by atoms with Gasteiger partial charge in [0.1, 0.15) is 0 Å². The molecule has 108 valence electrons. The number of hydrogen-bond acceptors (Lipinski definition) is 2. The average molecular weight is 274 g/mol. The van der Waals surface area contributed by atoms with Crippen molar-refractivity contribution in [2.45, 2.75) is 56.4 Å². The molecular formula is C15H22N4O. The van der Waals surface area contributed by atoms with Gasteiger partial charge in [0.2, 0.25) is 0 Å². The summed E-state index contributed by atoms with van der Waals surface area (Å²) in [5.41, 5.74) is 1.31. The Hall–Kier alpha value is -1.52. The molecule has 2 bridgehead atoms. The average Bonchev–Trinajstić information content (AvgIpc) is 2.92. The highest BCUT2D eigenvalue weighted by atomic mass is 16.2. The molecule has 3 fully saturated rings. The maximum Gasteiger partial charge on any atom is 0.320 e. The highest BCUT2D eigenvalue weighted by Gasteiger charge is 2.45. The van der Waals surface area contributed by atoms with E-state index in [0.717, 1.165) is 25.2 Å². The van der Waals surface area contributed by atoms with Crippen LogP contribution in [0.5, 0.6) is 0 Å². The number of carbonyl (C=O) groups is 1. The number of nitrogens with one attached hydrogen (secondary N) is 2. The second kappa shape index (κ2) is 4.24. The molecule has 3 saturated carbocycles. The van der Waals surface area contributed by atoms with Gasteiger partial charge in [-0.2, -0.15) is 5.10 Å². The number of amides is 2. The zero-order valence-corrected chi connectivity index (χ0v) is 12.0. The van der Waals surface area contributed by atoms with Crippen molar-refractivity contribution in [3.8, 4) is 0 Å². The van der Waals surface area contributed by atoms with Crippen LogP contribution in [0.15, 0.2) is 6.07 Å². The van der Waals surface area contributed by atoms with Crippen molar-refractivity contribution < 1.29 is 4.79 Å². The van der Waals surface area contributed by atoms with Crippen LogP contribution in [-0.4, -0.2) is 21.4 Å². The molecule has 1 heterocycles. The molecular weight excluding hydrogens is 252 g/mol. The highest BCUT2D eigenvalue weighted by molar-refractivity contribution is 5.88. The first kappa shape index (κ1) is 12.2. The van der Waals surface area contributed by atoms with Crippen molar-refractivity contribution in [2.24, 2.45) is 13.0 Å². The van der Waals surface area contributed by atoms with Gasteiger partial charge >= 0.3 is 6.03 Å². The van der Waals surface area contributed by atoms with Gasteiger partial charge < -0.3 is 5.32 Å². The summed E-state index contributed by atoms with van der Waals surface area (Å²) in [6.07, 6.45) is 8.48. The molecule has 3 aliphatic carbocycles. The van der Waals surface area contributed by atoms with Crippen molar-refractivity contribution in [2.75, 3.05) is 5.32 Å². The third-order valence-corrected chi connectivity index (χ3v) is 5.27. The Morgan fingerprint density at radius 3 is 2.70 bits per heavy atom. The summed E-state index contributed by atoms with van der Waals surface area (Å²) in [5, 5.41) is 10.5. The number of anilines is 1. The van der Waals surface area contributed by atoms with Gasteiger partial charge in [-0.25, -0.2) is 4.79 Å². The third kappa shape index (κ3) is 2.09. The minimum atomic E-state index is -0.0898. The monoisotopic (exact) mass is 274 g/mol. The maximum absolute atomic E-state index is 12.2. The van der Waals surface area contributed by atoms with E-state index in [-0.39, 0.29) is 11.6 Å². The van der Waals surface area contributed by atoms with Gasteiger partial charge in [-0.1, -0.05) is 0 Å². The standard InChI is InChI=1S/C15H22N4O/c1-19-12(11-2-3-11)8-13(18-19)16-14(20)17-15-6-4-10(9-15)5-7-15/h8,10-11H,2-7,9H2,1H3,(H2,16,17,18,20). The molecule has 0 aliphatic heterocycles. The van der Waals surface area contributed by atoms with Crippen LogP contribution in [0.25, 0.3) is 0 Å². The third-order valence-electron chi connectivity index (χ3n) is 5.27. The lowest BCUT2D eigenvalue weighted by Crippen LogP contribution is -2.47. The SMILES string of the molecule is Cn1nc(NC(=O)NC23CCC(CC2)C3)cc1C1CC1. The minimum absolute atomic E-state index is 0.0723. The molecule has 0 radical (unpaired) electrons. The van der Waals surface area contributed by atoms with Crippen LogP contribution < -0.4 is 10.6 Å². The van der Waals surface area contributed by atoms with Crippen molar-refractivity contribution in [3.05, 3.63) is 11.8 Å². The number of aryl methyl sites for hydroxylation is 1. The molecule has 0 spiro atoms. The highest BCUT2D eigenvalue weighted by Crippen LogP contribution is 2.47. The number of aromatic nitrogens is 2. The van der Waals surface area contributed by atoms with E-state index >= 15 is 0 Å². The number of fused-ring (bicyclic) bond motifs is 2. The molecule has 0 atom stereocenters. The van der Waals surface area contributed by atoms with E-state index in [0.29, 0.717) is 11.7 Å². The van der Waals surface area contributed by atoms with Crippen molar-refractivity contribution in [3.63, 3.8) is 0 Å². The molecule has 2 amide bonds. The fourth-order valence-electron chi connectivity index (χ4n) is 4.06. The fraction of sp³-hybridized carbons (Fsp3) is 0.733. The van der Waals surface area contributed by atoms with Gasteiger partial charge in [0, 0.05) is 30.3 Å². The Morgan fingerprint density at radius 1 is 1.35 bits per heavy atom. The van der Waals surface area contributed by atoms with E-state index in [1.54, 1.807) is 0 Å². The number of hydrogen-bond donors (Lipinski definition) is 2. The van der Waals surface area contributed by atoms with E-state index in [1.807, 2.05) is 17.8 Å². The van der Waals surface area contributed by atoms with Crippen LogP contribution in [-0.2, 0) is 7.05 Å². The van der Waals surface area contributed by atoms with Crippen molar-refractivity contribution >= 4 is 11.8 Å². The van der Waals surface area contributed by atoms with Crippen molar-refractivity contribution in [1.82, 2.24) is 15.1 Å². The number of rotatable bonds is 3. The van der Waals surface area contributed by atoms with Gasteiger partial charge in [0.05, 0.1) is 0 Å². The van der Waals surface area contributed by atoms with Crippen LogP contribution in [0.1, 0.15) is 56.6 Å². The van der Waals surface area contributed by atoms with Gasteiger partial charge in [-0.15, -0.1) is 0 Å². The molecule has 0 saturated heterocycles. The zero-order chi connectivity index (χ0) is 13.7. The van der Waals surface area contributed by atoms with Gasteiger partial charge in [0.15, 0.2) is 5.82 Å². The van der Waals surface area contributed by atoms with Crippen LogP contribution in [0.4, 0.5) is 10.6 Å². The number of urea groups is 1. The molecule has 0 unspecified atom stereocenters. The first-order valence-corrected chi connectivity index (χ1v) is 7.77. The van der Waals surface area contributed by atoms with Crippen LogP contribution in [0, 0.1) is 5.92 Å². The molecule has 5 nitrogen and oxygen atoms in total. The van der Waals surface area contributed by atoms with E-state index in [9.17, 15) is 4.79 Å². The molecule has 1 aromatic heterocycles. The zero-order valence-electron chi connectivity index (χ0n) is 12.0. The number of carbonyl (C=O) groups excluding carboxylic acids is 1. The molecule has 20 heavy (non-hydrogen) atoms. The van der Waals surface area contributed by atoms with Gasteiger partial charge in [-0.05, 0) is 50.9 Å². The van der Waals surface area contributed by atoms with Crippen LogP contribution in [0.2, 0.25) is 0 Å². The first-order chi connectivity index (χ1) is 9.63. The molecule has 3 aliphatic rings. The molecule has 0 aromatic carbocycles. The summed E-state index contributed by atoms with van der Waals surface area (Å²) in [5.74, 6) is 2.16. The van der Waals surface area contributed by atoms with Crippen LogP contribution in [0.3, 0.4) is 0 Å². The Labute approximate surface area is 119 Å². The first-order valence-electron chi connectivity index (χ1n) is 7.77. The lowest BCUT2D eigenvalue weighted by Gasteiger charge is -2.27. The largest absolute Gasteiger partial charge is 0.332 e.